The molecule has 3 atom stereocenters. The average molecular weight is 198 g/mol. The van der Waals surface area contributed by atoms with Crippen LogP contribution < -0.4 is 11.3 Å². The molecule has 0 aromatic heterocycles. The fourth-order valence-electron chi connectivity index (χ4n) is 2.26. The first-order valence-corrected chi connectivity index (χ1v) is 5.41. The van der Waals surface area contributed by atoms with Crippen LogP contribution in [-0.4, -0.2) is 18.8 Å². The molecule has 3 N–H and O–H groups in total. The molecule has 1 saturated heterocycles. The Morgan fingerprint density at radius 1 is 1.71 bits per heavy atom. The first-order chi connectivity index (χ1) is 6.69. The first-order valence-electron chi connectivity index (χ1n) is 5.41. The van der Waals surface area contributed by atoms with Crippen molar-refractivity contribution in [2.75, 3.05) is 6.61 Å². The van der Waals surface area contributed by atoms with Crippen molar-refractivity contribution in [2.45, 2.75) is 45.3 Å². The van der Waals surface area contributed by atoms with E-state index < -0.39 is 0 Å². The normalized spacial score (nSPS) is 29.1. The van der Waals surface area contributed by atoms with Gasteiger partial charge >= 0.3 is 0 Å². The summed E-state index contributed by atoms with van der Waals surface area (Å²) in [6, 6.07) is 0.319. The molecule has 0 radical (unpaired) electrons. The largest absolute Gasteiger partial charge is 0.378 e. The van der Waals surface area contributed by atoms with Gasteiger partial charge in [0.15, 0.2) is 0 Å². The van der Waals surface area contributed by atoms with Gasteiger partial charge < -0.3 is 4.74 Å². The van der Waals surface area contributed by atoms with Crippen molar-refractivity contribution in [1.82, 2.24) is 5.43 Å². The summed E-state index contributed by atoms with van der Waals surface area (Å²) < 4.78 is 5.65. The maximum atomic E-state index is 5.65. The molecule has 0 amide bonds. The fraction of sp³-hybridized carbons (Fsp3) is 0.818. The summed E-state index contributed by atoms with van der Waals surface area (Å²) in [6.45, 7) is 9.01. The van der Waals surface area contributed by atoms with Crippen LogP contribution >= 0.6 is 0 Å². The zero-order valence-corrected chi connectivity index (χ0v) is 9.25. The van der Waals surface area contributed by atoms with Crippen LogP contribution in [0.1, 0.15) is 33.1 Å². The third-order valence-corrected chi connectivity index (χ3v) is 2.96. The molecule has 14 heavy (non-hydrogen) atoms. The molecule has 0 aliphatic carbocycles. The second kappa shape index (κ2) is 5.49. The predicted molar refractivity (Wildman–Crippen MR) is 58.7 cm³/mol. The van der Waals surface area contributed by atoms with Gasteiger partial charge in [0.2, 0.25) is 0 Å². The Balaban J connectivity index is 2.54. The molecular formula is C11H22N2O. The second-order valence-electron chi connectivity index (χ2n) is 4.20. The monoisotopic (exact) mass is 198 g/mol. The highest BCUT2D eigenvalue weighted by Gasteiger charge is 2.32. The molecule has 0 spiro atoms. The van der Waals surface area contributed by atoms with Crippen LogP contribution in [0.4, 0.5) is 0 Å². The number of ether oxygens (including phenoxy) is 1. The van der Waals surface area contributed by atoms with Gasteiger partial charge in [-0.15, -0.1) is 6.58 Å². The van der Waals surface area contributed by atoms with Crippen LogP contribution in [0.2, 0.25) is 0 Å². The minimum Gasteiger partial charge on any atom is -0.378 e. The van der Waals surface area contributed by atoms with Crippen LogP contribution in [0.25, 0.3) is 0 Å². The Bertz CT molecular complexity index is 194. The van der Waals surface area contributed by atoms with Gasteiger partial charge in [0.25, 0.3) is 0 Å². The quantitative estimate of drug-likeness (QED) is 0.401. The highest BCUT2D eigenvalue weighted by molar-refractivity contribution is 4.97. The molecule has 1 rings (SSSR count). The van der Waals surface area contributed by atoms with Gasteiger partial charge in [-0.25, -0.2) is 0 Å². The van der Waals surface area contributed by atoms with E-state index in [0.717, 1.165) is 25.9 Å². The SMILES string of the molecule is C=C(C)CC(NN)C1CCOC1CC. The molecule has 1 aliphatic heterocycles. The third-order valence-electron chi connectivity index (χ3n) is 2.96. The number of hydrogen-bond acceptors (Lipinski definition) is 3. The summed E-state index contributed by atoms with van der Waals surface area (Å²) in [5.74, 6) is 6.11. The van der Waals surface area contributed by atoms with Crippen molar-refractivity contribution in [3.8, 4) is 0 Å². The molecule has 1 aliphatic rings. The Morgan fingerprint density at radius 3 is 2.93 bits per heavy atom. The first kappa shape index (κ1) is 11.7. The summed E-state index contributed by atoms with van der Waals surface area (Å²) in [4.78, 5) is 0. The van der Waals surface area contributed by atoms with Gasteiger partial charge in [0, 0.05) is 18.6 Å². The van der Waals surface area contributed by atoms with E-state index in [4.69, 9.17) is 10.6 Å². The fourth-order valence-corrected chi connectivity index (χ4v) is 2.26. The van der Waals surface area contributed by atoms with E-state index in [1.54, 1.807) is 0 Å². The minimum absolute atomic E-state index is 0.319. The molecule has 0 aromatic rings. The highest BCUT2D eigenvalue weighted by Crippen LogP contribution is 2.28. The van der Waals surface area contributed by atoms with E-state index in [-0.39, 0.29) is 0 Å². The van der Waals surface area contributed by atoms with E-state index in [2.05, 4.69) is 18.9 Å². The van der Waals surface area contributed by atoms with E-state index in [1.165, 1.54) is 5.57 Å². The minimum atomic E-state index is 0.319. The van der Waals surface area contributed by atoms with E-state index in [0.29, 0.717) is 18.1 Å². The standard InChI is InChI=1S/C11H22N2O/c1-4-11-9(5-6-14-11)10(13-12)7-8(2)3/h9-11,13H,2,4-7,12H2,1,3H3. The summed E-state index contributed by atoms with van der Waals surface area (Å²) >= 11 is 0. The van der Waals surface area contributed by atoms with Crippen molar-refractivity contribution in [1.29, 1.82) is 0 Å². The molecule has 1 heterocycles. The van der Waals surface area contributed by atoms with Gasteiger partial charge in [-0.05, 0) is 26.2 Å². The number of nitrogens with two attached hydrogens (primary N) is 1. The molecule has 1 fully saturated rings. The van der Waals surface area contributed by atoms with Crippen LogP contribution in [0.5, 0.6) is 0 Å². The zero-order chi connectivity index (χ0) is 10.6. The van der Waals surface area contributed by atoms with Gasteiger partial charge in [-0.1, -0.05) is 12.5 Å². The van der Waals surface area contributed by atoms with E-state index >= 15 is 0 Å². The molecule has 3 heteroatoms. The molecule has 82 valence electrons. The molecule has 3 nitrogen and oxygen atoms in total. The van der Waals surface area contributed by atoms with Crippen LogP contribution in [-0.2, 0) is 4.74 Å². The number of nitrogens with one attached hydrogen (secondary N) is 1. The lowest BCUT2D eigenvalue weighted by molar-refractivity contribution is 0.0775. The van der Waals surface area contributed by atoms with E-state index in [9.17, 15) is 0 Å². The molecular weight excluding hydrogens is 176 g/mol. The number of rotatable bonds is 5. The summed E-state index contributed by atoms with van der Waals surface area (Å²) in [6.07, 6.45) is 3.50. The van der Waals surface area contributed by atoms with Gasteiger partial charge in [-0.2, -0.15) is 0 Å². The van der Waals surface area contributed by atoms with Crippen molar-refractivity contribution < 1.29 is 4.74 Å². The lowest BCUT2D eigenvalue weighted by Gasteiger charge is -2.26. The average Bonchev–Trinajstić information content (AvgIpc) is 2.61. The van der Waals surface area contributed by atoms with Gasteiger partial charge in [0.1, 0.15) is 0 Å². The highest BCUT2D eigenvalue weighted by atomic mass is 16.5. The summed E-state index contributed by atoms with van der Waals surface area (Å²) in [7, 11) is 0. The third kappa shape index (κ3) is 2.80. The van der Waals surface area contributed by atoms with Gasteiger partial charge in [-0.3, -0.25) is 11.3 Å². The Labute approximate surface area is 86.7 Å². The topological polar surface area (TPSA) is 47.3 Å². The Kier molecular flexibility index (Phi) is 4.58. The van der Waals surface area contributed by atoms with Crippen LogP contribution in [0.3, 0.4) is 0 Å². The molecule has 0 saturated carbocycles. The summed E-state index contributed by atoms with van der Waals surface area (Å²) in [5.41, 5.74) is 4.07. The van der Waals surface area contributed by atoms with Crippen molar-refractivity contribution >= 4 is 0 Å². The van der Waals surface area contributed by atoms with Crippen molar-refractivity contribution in [2.24, 2.45) is 11.8 Å². The lowest BCUT2D eigenvalue weighted by Crippen LogP contribution is -2.43. The Morgan fingerprint density at radius 2 is 2.43 bits per heavy atom. The van der Waals surface area contributed by atoms with Gasteiger partial charge in [0.05, 0.1) is 6.10 Å². The maximum Gasteiger partial charge on any atom is 0.0617 e. The molecule has 0 aromatic carbocycles. The van der Waals surface area contributed by atoms with Crippen molar-refractivity contribution in [3.63, 3.8) is 0 Å². The second-order valence-corrected chi connectivity index (χ2v) is 4.20. The smallest absolute Gasteiger partial charge is 0.0617 e. The van der Waals surface area contributed by atoms with Crippen LogP contribution in [0.15, 0.2) is 12.2 Å². The zero-order valence-electron chi connectivity index (χ0n) is 9.25. The molecule has 3 unspecified atom stereocenters. The predicted octanol–water partition coefficient (Wildman–Crippen LogP) is 1.60. The lowest BCUT2D eigenvalue weighted by atomic mass is 9.88. The molecule has 0 bridgehead atoms. The summed E-state index contributed by atoms with van der Waals surface area (Å²) in [5, 5.41) is 0. The number of hydrogen-bond donors (Lipinski definition) is 2. The Hall–Kier alpha value is -0.380. The maximum absolute atomic E-state index is 5.65. The number of hydrazine groups is 1. The van der Waals surface area contributed by atoms with E-state index in [1.807, 2.05) is 6.92 Å². The van der Waals surface area contributed by atoms with Crippen LogP contribution in [0, 0.1) is 5.92 Å². The van der Waals surface area contributed by atoms with Crippen molar-refractivity contribution in [3.05, 3.63) is 12.2 Å².